The van der Waals surface area contributed by atoms with E-state index in [-0.39, 0.29) is 0 Å². The molecule has 0 spiro atoms. The Morgan fingerprint density at radius 2 is 1.47 bits per heavy atom. The van der Waals surface area contributed by atoms with Crippen LogP contribution in [0.15, 0.2) is 42.5 Å². The van der Waals surface area contributed by atoms with Gasteiger partial charge in [0.15, 0.2) is 5.82 Å². The van der Waals surface area contributed by atoms with Crippen molar-refractivity contribution in [2.75, 3.05) is 36.0 Å². The summed E-state index contributed by atoms with van der Waals surface area (Å²) < 4.78 is 1.87. The number of para-hydroxylation sites is 1. The van der Waals surface area contributed by atoms with Gasteiger partial charge in [-0.1, -0.05) is 18.2 Å². The number of nitrogens with zero attached hydrogens (tertiary/aromatic N) is 8. The van der Waals surface area contributed by atoms with Gasteiger partial charge in [-0.15, -0.1) is 0 Å². The lowest BCUT2D eigenvalue weighted by atomic mass is 10.1. The van der Waals surface area contributed by atoms with Crippen molar-refractivity contribution in [1.82, 2.24) is 24.7 Å². The third-order valence-electron chi connectivity index (χ3n) is 5.79. The minimum absolute atomic E-state index is 0.661. The van der Waals surface area contributed by atoms with Crippen LogP contribution in [0.1, 0.15) is 22.8 Å². The maximum Gasteiger partial charge on any atom is 0.159 e. The molecule has 160 valence electrons. The average Bonchev–Trinajstić information content (AvgIpc) is 3.16. The fraction of sp³-hybridized carbons (Fsp3) is 0.292. The number of fused-ring (bicyclic) bond motifs is 1. The predicted octanol–water partition coefficient (Wildman–Crippen LogP) is 3.33. The van der Waals surface area contributed by atoms with Crippen LogP contribution >= 0.6 is 0 Å². The minimum atomic E-state index is 0.661. The molecule has 0 atom stereocenters. The maximum atomic E-state index is 9.59. The fourth-order valence-electron chi connectivity index (χ4n) is 4.25. The van der Waals surface area contributed by atoms with Crippen LogP contribution in [-0.4, -0.2) is 50.9 Å². The topological polar surface area (TPSA) is 86.8 Å². The van der Waals surface area contributed by atoms with E-state index < -0.39 is 0 Å². The van der Waals surface area contributed by atoms with E-state index in [1.807, 2.05) is 67.9 Å². The number of hydrogen-bond donors (Lipinski definition) is 0. The third-order valence-corrected chi connectivity index (χ3v) is 5.79. The van der Waals surface area contributed by atoms with E-state index in [1.54, 1.807) is 0 Å². The largest absolute Gasteiger partial charge is 0.353 e. The fourth-order valence-corrected chi connectivity index (χ4v) is 4.25. The minimum Gasteiger partial charge on any atom is -0.353 e. The number of nitriles is 1. The molecule has 32 heavy (non-hydrogen) atoms. The summed E-state index contributed by atoms with van der Waals surface area (Å²) >= 11 is 0. The molecule has 8 heteroatoms. The molecule has 0 N–H and O–H groups in total. The Kier molecular flexibility index (Phi) is 4.94. The summed E-state index contributed by atoms with van der Waals surface area (Å²) in [6, 6.07) is 16.1. The number of anilines is 2. The van der Waals surface area contributed by atoms with Crippen molar-refractivity contribution in [3.8, 4) is 11.9 Å². The summed E-state index contributed by atoms with van der Waals surface area (Å²) in [5.41, 5.74) is 3.53. The van der Waals surface area contributed by atoms with Gasteiger partial charge < -0.3 is 9.80 Å². The molecule has 0 amide bonds. The summed E-state index contributed by atoms with van der Waals surface area (Å²) in [6.45, 7) is 9.14. The maximum absolute atomic E-state index is 9.59. The van der Waals surface area contributed by atoms with Crippen LogP contribution in [0.3, 0.4) is 0 Å². The first-order valence-corrected chi connectivity index (χ1v) is 10.7. The lowest BCUT2D eigenvalue weighted by Gasteiger charge is -2.36. The molecular formula is C24H24N8. The van der Waals surface area contributed by atoms with E-state index in [0.29, 0.717) is 5.56 Å². The van der Waals surface area contributed by atoms with Gasteiger partial charge in [0.1, 0.15) is 17.5 Å². The van der Waals surface area contributed by atoms with Crippen molar-refractivity contribution in [3.05, 3.63) is 65.2 Å². The van der Waals surface area contributed by atoms with Gasteiger partial charge in [0.05, 0.1) is 22.8 Å². The number of rotatable bonds is 3. The van der Waals surface area contributed by atoms with Crippen molar-refractivity contribution in [1.29, 1.82) is 5.26 Å². The SMILES string of the molecule is Cc1cc(C)n(-c2cc(N3CCN(c4cc(C#N)c5ccccc5n4)CC3)nc(C)n2)n1. The Labute approximate surface area is 186 Å². The first-order chi connectivity index (χ1) is 15.5. The van der Waals surface area contributed by atoms with Crippen LogP contribution in [-0.2, 0) is 0 Å². The van der Waals surface area contributed by atoms with Gasteiger partial charge in [-0.05, 0) is 39.0 Å². The van der Waals surface area contributed by atoms with Crippen molar-refractivity contribution >= 4 is 22.5 Å². The van der Waals surface area contributed by atoms with Gasteiger partial charge in [0.25, 0.3) is 0 Å². The second-order valence-corrected chi connectivity index (χ2v) is 8.10. The van der Waals surface area contributed by atoms with Gasteiger partial charge in [-0.3, -0.25) is 0 Å². The molecule has 1 aromatic carbocycles. The molecule has 0 bridgehead atoms. The molecule has 1 aliphatic rings. The number of benzene rings is 1. The van der Waals surface area contributed by atoms with E-state index in [2.05, 4.69) is 30.9 Å². The number of hydrogen-bond acceptors (Lipinski definition) is 7. The number of aromatic nitrogens is 5. The highest BCUT2D eigenvalue weighted by Gasteiger charge is 2.21. The van der Waals surface area contributed by atoms with E-state index in [4.69, 9.17) is 4.98 Å². The zero-order valence-corrected chi connectivity index (χ0v) is 18.4. The van der Waals surface area contributed by atoms with Crippen molar-refractivity contribution in [3.63, 3.8) is 0 Å². The summed E-state index contributed by atoms with van der Waals surface area (Å²) in [4.78, 5) is 18.6. The lowest BCUT2D eigenvalue weighted by Crippen LogP contribution is -2.47. The highest BCUT2D eigenvalue weighted by molar-refractivity contribution is 5.86. The van der Waals surface area contributed by atoms with Crippen LogP contribution in [0.5, 0.6) is 0 Å². The quantitative estimate of drug-likeness (QED) is 0.498. The molecule has 3 aromatic heterocycles. The van der Waals surface area contributed by atoms with E-state index in [1.165, 1.54) is 0 Å². The number of aryl methyl sites for hydroxylation is 3. The van der Waals surface area contributed by atoms with Gasteiger partial charge >= 0.3 is 0 Å². The van der Waals surface area contributed by atoms with Crippen LogP contribution in [0.4, 0.5) is 11.6 Å². The third kappa shape index (κ3) is 3.62. The summed E-state index contributed by atoms with van der Waals surface area (Å²) in [7, 11) is 0. The molecule has 1 saturated heterocycles. The van der Waals surface area contributed by atoms with E-state index in [0.717, 1.165) is 71.7 Å². The zero-order valence-electron chi connectivity index (χ0n) is 18.4. The van der Waals surface area contributed by atoms with Crippen LogP contribution in [0.2, 0.25) is 0 Å². The van der Waals surface area contributed by atoms with E-state index in [9.17, 15) is 5.26 Å². The molecule has 1 aliphatic heterocycles. The molecule has 1 fully saturated rings. The Balaban J connectivity index is 1.38. The second kappa shape index (κ2) is 7.93. The first-order valence-electron chi connectivity index (χ1n) is 10.7. The van der Waals surface area contributed by atoms with Crippen LogP contribution in [0.25, 0.3) is 16.7 Å². The van der Waals surface area contributed by atoms with Crippen molar-refractivity contribution < 1.29 is 0 Å². The lowest BCUT2D eigenvalue weighted by molar-refractivity contribution is 0.639. The monoisotopic (exact) mass is 424 g/mol. The van der Waals surface area contributed by atoms with Crippen LogP contribution in [0, 0.1) is 32.1 Å². The number of pyridine rings is 1. The highest BCUT2D eigenvalue weighted by atomic mass is 15.3. The van der Waals surface area contributed by atoms with Crippen LogP contribution < -0.4 is 9.80 Å². The predicted molar refractivity (Wildman–Crippen MR) is 124 cm³/mol. The first kappa shape index (κ1) is 19.9. The molecule has 5 rings (SSSR count). The molecule has 0 aliphatic carbocycles. The van der Waals surface area contributed by atoms with E-state index >= 15 is 0 Å². The smallest absolute Gasteiger partial charge is 0.159 e. The summed E-state index contributed by atoms with van der Waals surface area (Å²) in [5.74, 6) is 3.27. The van der Waals surface area contributed by atoms with Crippen molar-refractivity contribution in [2.45, 2.75) is 20.8 Å². The van der Waals surface area contributed by atoms with Crippen molar-refractivity contribution in [2.24, 2.45) is 0 Å². The highest BCUT2D eigenvalue weighted by Crippen LogP contribution is 2.25. The molecule has 0 saturated carbocycles. The molecule has 8 nitrogen and oxygen atoms in total. The second-order valence-electron chi connectivity index (χ2n) is 8.10. The Morgan fingerprint density at radius 1 is 0.812 bits per heavy atom. The summed E-state index contributed by atoms with van der Waals surface area (Å²) in [6.07, 6.45) is 0. The molecule has 4 aromatic rings. The van der Waals surface area contributed by atoms with Gasteiger partial charge in [0, 0.05) is 43.3 Å². The van der Waals surface area contributed by atoms with Gasteiger partial charge in [-0.2, -0.15) is 10.4 Å². The summed E-state index contributed by atoms with van der Waals surface area (Å²) in [5, 5.41) is 15.1. The molecule has 0 unspecified atom stereocenters. The normalized spacial score (nSPS) is 14.1. The molecule has 0 radical (unpaired) electrons. The number of piperazine rings is 1. The van der Waals surface area contributed by atoms with Gasteiger partial charge in [0.2, 0.25) is 0 Å². The van der Waals surface area contributed by atoms with Gasteiger partial charge in [-0.25, -0.2) is 19.6 Å². The Bertz CT molecular complexity index is 1340. The molecular weight excluding hydrogens is 400 g/mol. The zero-order chi connectivity index (χ0) is 22.2. The standard InChI is InChI=1S/C24H24N8/c1-16-12-17(2)32(29-16)24-14-23(26-18(3)27-24)31-10-8-30(9-11-31)22-13-19(15-25)20-6-4-5-7-21(20)28-22/h4-7,12-14H,8-11H2,1-3H3. The molecule has 4 heterocycles. The Hall–Kier alpha value is -3.99. The Morgan fingerprint density at radius 3 is 2.12 bits per heavy atom. The average molecular weight is 425 g/mol.